The fourth-order valence-corrected chi connectivity index (χ4v) is 2.96. The van der Waals surface area contributed by atoms with Gasteiger partial charge in [-0.2, -0.15) is 0 Å². The number of halogens is 2. The zero-order valence-corrected chi connectivity index (χ0v) is 12.2. The Hall–Kier alpha value is -0.0900. The van der Waals surface area contributed by atoms with E-state index >= 15 is 0 Å². The maximum absolute atomic E-state index is 6.02. The smallest absolute Gasteiger partial charge is 0.0548 e. The average molecular weight is 318 g/mol. The molecule has 0 bridgehead atoms. The van der Waals surface area contributed by atoms with Crippen molar-refractivity contribution in [3.63, 3.8) is 0 Å². The van der Waals surface area contributed by atoms with Crippen LogP contribution in [0.5, 0.6) is 0 Å². The Morgan fingerprint density at radius 3 is 2.59 bits per heavy atom. The molecule has 1 aliphatic rings. The fraction of sp³-hybridized carbons (Fsp3) is 0.538. The van der Waals surface area contributed by atoms with E-state index in [0.29, 0.717) is 12.6 Å². The monoisotopic (exact) mass is 316 g/mol. The van der Waals surface area contributed by atoms with Gasteiger partial charge in [-0.15, -0.1) is 0 Å². The molecule has 1 aromatic carbocycles. The van der Waals surface area contributed by atoms with Crippen molar-refractivity contribution in [2.45, 2.75) is 25.3 Å². The Morgan fingerprint density at radius 2 is 2.00 bits per heavy atom. The molecular weight excluding hydrogens is 300 g/mol. The van der Waals surface area contributed by atoms with Crippen LogP contribution in [0.25, 0.3) is 0 Å². The van der Waals surface area contributed by atoms with Crippen LogP contribution in [0.15, 0.2) is 22.7 Å². The van der Waals surface area contributed by atoms with Crippen LogP contribution in [-0.4, -0.2) is 24.5 Å². The molecule has 2 nitrogen and oxygen atoms in total. The molecule has 1 aliphatic heterocycles. The molecule has 94 valence electrons. The van der Waals surface area contributed by atoms with Gasteiger partial charge in [0.2, 0.25) is 0 Å². The molecule has 1 fully saturated rings. The topological polar surface area (TPSA) is 29.3 Å². The van der Waals surface area contributed by atoms with Gasteiger partial charge in [0.1, 0.15) is 0 Å². The maximum Gasteiger partial charge on any atom is 0.0548 e. The molecule has 1 saturated heterocycles. The molecule has 0 saturated carbocycles. The van der Waals surface area contributed by atoms with Gasteiger partial charge in [-0.05, 0) is 59.6 Å². The summed E-state index contributed by atoms with van der Waals surface area (Å²) in [6, 6.07) is 6.44. The summed E-state index contributed by atoms with van der Waals surface area (Å²) >= 11 is 9.50. The van der Waals surface area contributed by atoms with Gasteiger partial charge < -0.3 is 5.73 Å². The predicted molar refractivity (Wildman–Crippen MR) is 76.4 cm³/mol. The summed E-state index contributed by atoms with van der Waals surface area (Å²) < 4.78 is 0.951. The minimum absolute atomic E-state index is 0.323. The van der Waals surface area contributed by atoms with Crippen molar-refractivity contribution in [3.8, 4) is 0 Å². The first-order valence-electron chi connectivity index (χ1n) is 6.11. The summed E-state index contributed by atoms with van der Waals surface area (Å²) in [7, 11) is 0. The Labute approximate surface area is 116 Å². The fourth-order valence-electron chi connectivity index (χ4n) is 2.45. The molecule has 2 N–H and O–H groups in total. The molecule has 0 aromatic heterocycles. The molecule has 1 atom stereocenters. The number of hydrogen-bond donors (Lipinski definition) is 1. The lowest BCUT2D eigenvalue weighted by molar-refractivity contribution is 0.167. The van der Waals surface area contributed by atoms with E-state index in [9.17, 15) is 0 Å². The summed E-state index contributed by atoms with van der Waals surface area (Å²) in [5.74, 6) is 0. The third-order valence-corrected chi connectivity index (χ3v) is 4.60. The van der Waals surface area contributed by atoms with Crippen LogP contribution in [-0.2, 0) is 0 Å². The molecule has 1 unspecified atom stereocenters. The zero-order chi connectivity index (χ0) is 12.3. The molecule has 0 spiro atoms. The van der Waals surface area contributed by atoms with Gasteiger partial charge >= 0.3 is 0 Å². The summed E-state index contributed by atoms with van der Waals surface area (Å²) in [6.07, 6.45) is 3.91. The molecule has 2 rings (SSSR count). The van der Waals surface area contributed by atoms with E-state index in [4.69, 9.17) is 17.3 Å². The second-order valence-corrected chi connectivity index (χ2v) is 5.78. The van der Waals surface area contributed by atoms with E-state index in [0.717, 1.165) is 22.6 Å². The first-order valence-corrected chi connectivity index (χ1v) is 7.28. The SMILES string of the molecule is NCC(c1ccc(Cl)c(Br)c1)N1CCCCC1. The molecule has 0 radical (unpaired) electrons. The second-order valence-electron chi connectivity index (χ2n) is 4.52. The summed E-state index contributed by atoms with van der Waals surface area (Å²) in [6.45, 7) is 2.97. The number of nitrogens with zero attached hydrogens (tertiary/aromatic N) is 1. The summed E-state index contributed by atoms with van der Waals surface area (Å²) in [5.41, 5.74) is 7.19. The predicted octanol–water partition coefficient (Wildman–Crippen LogP) is 3.59. The highest BCUT2D eigenvalue weighted by atomic mass is 79.9. The summed E-state index contributed by atoms with van der Waals surface area (Å²) in [4.78, 5) is 2.49. The van der Waals surface area contributed by atoms with Crippen LogP contribution < -0.4 is 5.73 Å². The van der Waals surface area contributed by atoms with Crippen molar-refractivity contribution < 1.29 is 0 Å². The maximum atomic E-state index is 6.02. The number of rotatable bonds is 3. The van der Waals surface area contributed by atoms with E-state index in [-0.39, 0.29) is 0 Å². The second kappa shape index (κ2) is 6.19. The van der Waals surface area contributed by atoms with Gasteiger partial charge in [0.15, 0.2) is 0 Å². The van der Waals surface area contributed by atoms with Crippen molar-refractivity contribution in [2.75, 3.05) is 19.6 Å². The Balaban J connectivity index is 2.18. The lowest BCUT2D eigenvalue weighted by Crippen LogP contribution is -2.37. The van der Waals surface area contributed by atoms with Crippen LogP contribution in [0.2, 0.25) is 5.02 Å². The number of likely N-dealkylation sites (tertiary alicyclic amines) is 1. The van der Waals surface area contributed by atoms with Crippen molar-refractivity contribution >= 4 is 27.5 Å². The van der Waals surface area contributed by atoms with Crippen molar-refractivity contribution in [1.29, 1.82) is 0 Å². The molecule has 0 amide bonds. The lowest BCUT2D eigenvalue weighted by Gasteiger charge is -2.34. The van der Waals surface area contributed by atoms with Crippen LogP contribution in [0.3, 0.4) is 0 Å². The van der Waals surface area contributed by atoms with Crippen LogP contribution in [0.1, 0.15) is 30.9 Å². The van der Waals surface area contributed by atoms with Gasteiger partial charge in [0, 0.05) is 17.1 Å². The van der Waals surface area contributed by atoms with Gasteiger partial charge in [-0.1, -0.05) is 24.1 Å². The molecule has 4 heteroatoms. The van der Waals surface area contributed by atoms with Gasteiger partial charge in [-0.25, -0.2) is 0 Å². The quantitative estimate of drug-likeness (QED) is 0.923. The molecule has 1 heterocycles. The average Bonchev–Trinajstić information content (AvgIpc) is 2.36. The van der Waals surface area contributed by atoms with Crippen LogP contribution >= 0.6 is 27.5 Å². The number of hydrogen-bond acceptors (Lipinski definition) is 2. The van der Waals surface area contributed by atoms with Crippen molar-refractivity contribution in [3.05, 3.63) is 33.3 Å². The third kappa shape index (κ3) is 3.22. The molecular formula is C13H18BrClN2. The first-order chi connectivity index (χ1) is 8.22. The highest BCUT2D eigenvalue weighted by Gasteiger charge is 2.21. The lowest BCUT2D eigenvalue weighted by atomic mass is 10.0. The molecule has 1 aromatic rings. The molecule has 0 aliphatic carbocycles. The van der Waals surface area contributed by atoms with E-state index in [1.165, 1.54) is 24.8 Å². The zero-order valence-electron chi connectivity index (χ0n) is 9.83. The number of benzene rings is 1. The minimum Gasteiger partial charge on any atom is -0.329 e. The third-order valence-electron chi connectivity index (χ3n) is 3.38. The van der Waals surface area contributed by atoms with Crippen molar-refractivity contribution in [1.82, 2.24) is 4.90 Å². The normalized spacial score (nSPS) is 19.2. The van der Waals surface area contributed by atoms with E-state index in [2.05, 4.69) is 33.0 Å². The van der Waals surface area contributed by atoms with Gasteiger partial charge in [0.05, 0.1) is 5.02 Å². The number of nitrogens with two attached hydrogens (primary N) is 1. The van der Waals surface area contributed by atoms with E-state index < -0.39 is 0 Å². The minimum atomic E-state index is 0.323. The highest BCUT2D eigenvalue weighted by Crippen LogP contribution is 2.29. The highest BCUT2D eigenvalue weighted by molar-refractivity contribution is 9.10. The Kier molecular flexibility index (Phi) is 4.86. The Bertz CT molecular complexity index is 378. The standard InChI is InChI=1S/C13H18BrClN2/c14-11-8-10(4-5-12(11)15)13(9-16)17-6-2-1-3-7-17/h4-5,8,13H,1-3,6-7,9,16H2. The van der Waals surface area contributed by atoms with Gasteiger partial charge in [0.25, 0.3) is 0 Å². The Morgan fingerprint density at radius 1 is 1.29 bits per heavy atom. The summed E-state index contributed by atoms with van der Waals surface area (Å²) in [5, 5.41) is 0.753. The first kappa shape index (κ1) is 13.3. The van der Waals surface area contributed by atoms with E-state index in [1.54, 1.807) is 0 Å². The van der Waals surface area contributed by atoms with Crippen LogP contribution in [0.4, 0.5) is 0 Å². The number of piperidine rings is 1. The van der Waals surface area contributed by atoms with Gasteiger partial charge in [-0.3, -0.25) is 4.90 Å². The van der Waals surface area contributed by atoms with E-state index in [1.807, 2.05) is 6.07 Å². The van der Waals surface area contributed by atoms with Crippen molar-refractivity contribution in [2.24, 2.45) is 5.73 Å². The largest absolute Gasteiger partial charge is 0.329 e. The molecule has 17 heavy (non-hydrogen) atoms. The van der Waals surface area contributed by atoms with Crippen LogP contribution in [0, 0.1) is 0 Å².